The Hall–Kier alpha value is -2.29. The molecule has 3 rings (SSSR count). The standard InChI is InChI=1S/C16H22N6O2S/c1-11(2)9-15(23)19-14-3-6-17-22(14)12-4-7-21(8-5-12)16(24)13-10-18-25-20-13/h3,6,10-12H,4-5,7-9H2,1-2H3,(H,19,23). The van der Waals surface area contributed by atoms with Crippen LogP contribution in [0.2, 0.25) is 0 Å². The van der Waals surface area contributed by atoms with Crippen molar-refractivity contribution < 1.29 is 9.59 Å². The van der Waals surface area contributed by atoms with Crippen molar-refractivity contribution in [3.63, 3.8) is 0 Å². The summed E-state index contributed by atoms with van der Waals surface area (Å²) in [5.41, 5.74) is 0.407. The van der Waals surface area contributed by atoms with Crippen LogP contribution in [0.15, 0.2) is 18.5 Å². The zero-order chi connectivity index (χ0) is 17.8. The average molecular weight is 362 g/mol. The van der Waals surface area contributed by atoms with Crippen LogP contribution in [0.1, 0.15) is 49.6 Å². The monoisotopic (exact) mass is 362 g/mol. The first-order valence-electron chi connectivity index (χ1n) is 8.44. The predicted octanol–water partition coefficient (Wildman–Crippen LogP) is 2.20. The molecule has 2 aromatic rings. The molecule has 1 fully saturated rings. The molecule has 1 saturated heterocycles. The van der Waals surface area contributed by atoms with E-state index in [0.717, 1.165) is 30.4 Å². The molecule has 2 aromatic heterocycles. The minimum Gasteiger partial charge on any atom is -0.337 e. The van der Waals surface area contributed by atoms with Gasteiger partial charge in [-0.15, -0.1) is 0 Å². The molecule has 134 valence electrons. The number of carbonyl (C=O) groups is 2. The molecular weight excluding hydrogens is 340 g/mol. The molecule has 3 heterocycles. The van der Waals surface area contributed by atoms with Crippen LogP contribution in [0.4, 0.5) is 5.82 Å². The summed E-state index contributed by atoms with van der Waals surface area (Å²) in [5.74, 6) is 0.962. The van der Waals surface area contributed by atoms with Gasteiger partial charge < -0.3 is 10.2 Å². The van der Waals surface area contributed by atoms with Gasteiger partial charge in [0.15, 0.2) is 5.69 Å². The van der Waals surface area contributed by atoms with E-state index >= 15 is 0 Å². The van der Waals surface area contributed by atoms with E-state index < -0.39 is 0 Å². The van der Waals surface area contributed by atoms with Crippen molar-refractivity contribution in [1.29, 1.82) is 0 Å². The fourth-order valence-electron chi connectivity index (χ4n) is 3.00. The summed E-state index contributed by atoms with van der Waals surface area (Å²) < 4.78 is 9.75. The van der Waals surface area contributed by atoms with Crippen molar-refractivity contribution in [3.8, 4) is 0 Å². The summed E-state index contributed by atoms with van der Waals surface area (Å²) in [6, 6.07) is 1.98. The number of rotatable bonds is 5. The summed E-state index contributed by atoms with van der Waals surface area (Å²) in [7, 11) is 0. The molecule has 1 aliphatic rings. The molecule has 0 bridgehead atoms. The van der Waals surface area contributed by atoms with Gasteiger partial charge in [0, 0.05) is 25.6 Å². The van der Waals surface area contributed by atoms with Crippen LogP contribution < -0.4 is 5.32 Å². The third kappa shape index (κ3) is 4.22. The predicted molar refractivity (Wildman–Crippen MR) is 94.4 cm³/mol. The largest absolute Gasteiger partial charge is 0.337 e. The van der Waals surface area contributed by atoms with Crippen molar-refractivity contribution in [3.05, 3.63) is 24.2 Å². The third-order valence-corrected chi connectivity index (χ3v) is 4.69. The van der Waals surface area contributed by atoms with E-state index in [1.807, 2.05) is 24.6 Å². The maximum absolute atomic E-state index is 12.3. The minimum absolute atomic E-state index is 0.000367. The molecule has 9 heteroatoms. The second-order valence-electron chi connectivity index (χ2n) is 6.62. The number of amides is 2. The summed E-state index contributed by atoms with van der Waals surface area (Å²) in [6.07, 6.45) is 5.27. The fraction of sp³-hybridized carbons (Fsp3) is 0.562. The average Bonchev–Trinajstić information content (AvgIpc) is 3.25. The second-order valence-corrected chi connectivity index (χ2v) is 7.18. The number of piperidine rings is 1. The van der Waals surface area contributed by atoms with Crippen molar-refractivity contribution in [2.24, 2.45) is 5.92 Å². The lowest BCUT2D eigenvalue weighted by Crippen LogP contribution is -2.39. The molecule has 1 N–H and O–H groups in total. The van der Waals surface area contributed by atoms with Crippen LogP contribution in [0.3, 0.4) is 0 Å². The first-order chi connectivity index (χ1) is 12.0. The van der Waals surface area contributed by atoms with Gasteiger partial charge in [-0.2, -0.15) is 13.8 Å². The molecule has 1 aliphatic heterocycles. The van der Waals surface area contributed by atoms with Gasteiger partial charge in [0.1, 0.15) is 5.82 Å². The highest BCUT2D eigenvalue weighted by Gasteiger charge is 2.27. The van der Waals surface area contributed by atoms with E-state index in [0.29, 0.717) is 31.1 Å². The van der Waals surface area contributed by atoms with Crippen molar-refractivity contribution in [1.82, 2.24) is 23.4 Å². The highest BCUT2D eigenvalue weighted by molar-refractivity contribution is 6.99. The number of anilines is 1. The molecule has 0 aliphatic carbocycles. The Morgan fingerprint density at radius 1 is 1.36 bits per heavy atom. The van der Waals surface area contributed by atoms with Crippen molar-refractivity contribution >= 4 is 29.4 Å². The van der Waals surface area contributed by atoms with Crippen LogP contribution in [0.5, 0.6) is 0 Å². The van der Waals surface area contributed by atoms with Gasteiger partial charge in [0.05, 0.1) is 30.2 Å². The van der Waals surface area contributed by atoms with Gasteiger partial charge in [-0.3, -0.25) is 9.59 Å². The normalized spacial score (nSPS) is 15.6. The summed E-state index contributed by atoms with van der Waals surface area (Å²) in [4.78, 5) is 26.1. The van der Waals surface area contributed by atoms with Gasteiger partial charge in [0.25, 0.3) is 5.91 Å². The molecule has 0 unspecified atom stereocenters. The SMILES string of the molecule is CC(C)CC(=O)Nc1ccnn1C1CCN(C(=O)c2cnsn2)CC1. The van der Waals surface area contributed by atoms with Crippen LogP contribution in [0, 0.1) is 5.92 Å². The van der Waals surface area contributed by atoms with Gasteiger partial charge in [-0.1, -0.05) is 13.8 Å². The highest BCUT2D eigenvalue weighted by atomic mass is 32.1. The van der Waals surface area contributed by atoms with Crippen molar-refractivity contribution in [2.45, 2.75) is 39.2 Å². The number of nitrogens with zero attached hydrogens (tertiary/aromatic N) is 5. The quantitative estimate of drug-likeness (QED) is 0.880. The molecule has 25 heavy (non-hydrogen) atoms. The molecule has 0 radical (unpaired) electrons. The Kier molecular flexibility index (Phi) is 5.42. The Morgan fingerprint density at radius 2 is 2.12 bits per heavy atom. The number of likely N-dealkylation sites (tertiary alicyclic amines) is 1. The number of nitrogens with one attached hydrogen (secondary N) is 1. The van der Waals surface area contributed by atoms with Gasteiger partial charge in [0.2, 0.25) is 5.91 Å². The zero-order valence-corrected chi connectivity index (χ0v) is 15.2. The number of hydrogen-bond acceptors (Lipinski definition) is 6. The molecule has 0 saturated carbocycles. The molecule has 8 nitrogen and oxygen atoms in total. The van der Waals surface area contributed by atoms with Gasteiger partial charge >= 0.3 is 0 Å². The smallest absolute Gasteiger partial charge is 0.275 e. The Bertz CT molecular complexity index is 719. The van der Waals surface area contributed by atoms with E-state index in [4.69, 9.17) is 0 Å². The first-order valence-corrected chi connectivity index (χ1v) is 9.18. The van der Waals surface area contributed by atoms with E-state index in [1.54, 1.807) is 11.1 Å². The molecule has 0 spiro atoms. The Morgan fingerprint density at radius 3 is 2.76 bits per heavy atom. The first kappa shape index (κ1) is 17.5. The maximum atomic E-state index is 12.3. The summed E-state index contributed by atoms with van der Waals surface area (Å²) in [6.45, 7) is 5.31. The molecular formula is C16H22N6O2S. The maximum Gasteiger partial charge on any atom is 0.275 e. The lowest BCUT2D eigenvalue weighted by atomic mass is 10.0. The van der Waals surface area contributed by atoms with E-state index in [2.05, 4.69) is 19.2 Å². The van der Waals surface area contributed by atoms with E-state index in [1.165, 1.54) is 6.20 Å². The number of hydrogen-bond donors (Lipinski definition) is 1. The van der Waals surface area contributed by atoms with Crippen LogP contribution in [-0.4, -0.2) is 48.3 Å². The molecule has 0 atom stereocenters. The minimum atomic E-state index is -0.0712. The lowest BCUT2D eigenvalue weighted by Gasteiger charge is -2.32. The second kappa shape index (κ2) is 7.73. The number of aromatic nitrogens is 4. The van der Waals surface area contributed by atoms with Gasteiger partial charge in [-0.05, 0) is 18.8 Å². The fourth-order valence-corrected chi connectivity index (χ4v) is 3.41. The Balaban J connectivity index is 1.59. The van der Waals surface area contributed by atoms with Crippen molar-refractivity contribution in [2.75, 3.05) is 18.4 Å². The number of carbonyl (C=O) groups excluding carboxylic acids is 2. The zero-order valence-electron chi connectivity index (χ0n) is 14.4. The summed E-state index contributed by atoms with van der Waals surface area (Å²) >= 11 is 1.04. The van der Waals surface area contributed by atoms with Gasteiger partial charge in [-0.25, -0.2) is 4.68 Å². The Labute approximate surface area is 150 Å². The van der Waals surface area contributed by atoms with Crippen LogP contribution in [-0.2, 0) is 4.79 Å². The van der Waals surface area contributed by atoms with Crippen LogP contribution in [0.25, 0.3) is 0 Å². The van der Waals surface area contributed by atoms with Crippen LogP contribution >= 0.6 is 11.7 Å². The lowest BCUT2D eigenvalue weighted by molar-refractivity contribution is -0.116. The molecule has 0 aromatic carbocycles. The third-order valence-electron chi connectivity index (χ3n) is 4.21. The summed E-state index contributed by atoms with van der Waals surface area (Å²) in [5, 5.41) is 7.31. The van der Waals surface area contributed by atoms with E-state index in [9.17, 15) is 9.59 Å². The highest BCUT2D eigenvalue weighted by Crippen LogP contribution is 2.26. The van der Waals surface area contributed by atoms with E-state index in [-0.39, 0.29) is 17.9 Å². The topological polar surface area (TPSA) is 93.0 Å². The molecule has 2 amide bonds.